The first-order valence-electron chi connectivity index (χ1n) is 9.49. The maximum Gasteiger partial charge on any atom is 0.119 e. The van der Waals surface area contributed by atoms with E-state index in [1.165, 1.54) is 89.0 Å². The molecule has 0 fully saturated rings. The average molecular weight is 305 g/mol. The molecule has 22 heavy (non-hydrogen) atoms. The van der Waals surface area contributed by atoms with Gasteiger partial charge in [-0.15, -0.1) is 0 Å². The van der Waals surface area contributed by atoms with Gasteiger partial charge in [0.25, 0.3) is 0 Å². The number of unbranched alkanes of at least 4 members (excludes halogenated alkanes) is 11. The lowest BCUT2D eigenvalue weighted by Crippen LogP contribution is -1.89. The quantitative estimate of drug-likeness (QED) is 0.338. The maximum absolute atomic E-state index is 5.27. The second-order valence-corrected chi connectivity index (χ2v) is 6.49. The number of benzene rings is 1. The second kappa shape index (κ2) is 13.7. The van der Waals surface area contributed by atoms with Gasteiger partial charge in [0.2, 0.25) is 0 Å². The fraction of sp³-hybridized carbons (Fsp3) is 0.714. The Morgan fingerprint density at radius 3 is 1.82 bits per heavy atom. The zero-order valence-corrected chi connectivity index (χ0v) is 14.9. The first-order chi connectivity index (χ1) is 10.9. The number of hydrogen-bond acceptors (Lipinski definition) is 1. The van der Waals surface area contributed by atoms with Crippen molar-refractivity contribution < 1.29 is 4.74 Å². The van der Waals surface area contributed by atoms with Crippen LogP contribution in [-0.2, 0) is 6.42 Å². The fourth-order valence-electron chi connectivity index (χ4n) is 3.00. The Balaban J connectivity index is 1.87. The molecule has 0 saturated heterocycles. The van der Waals surface area contributed by atoms with E-state index in [2.05, 4.69) is 25.1 Å². The molecule has 0 aliphatic heterocycles. The SMILES string of the molecule is CCCCCCCCCCCCCCc1cccc(OC)c1. The van der Waals surface area contributed by atoms with Crippen LogP contribution in [0.3, 0.4) is 0 Å². The van der Waals surface area contributed by atoms with Crippen molar-refractivity contribution in [1.82, 2.24) is 0 Å². The fourth-order valence-corrected chi connectivity index (χ4v) is 3.00. The van der Waals surface area contributed by atoms with E-state index in [-0.39, 0.29) is 0 Å². The summed E-state index contributed by atoms with van der Waals surface area (Å²) in [5.74, 6) is 0.983. The van der Waals surface area contributed by atoms with Gasteiger partial charge in [0, 0.05) is 0 Å². The number of hydrogen-bond donors (Lipinski definition) is 0. The number of ether oxygens (including phenoxy) is 1. The number of rotatable bonds is 14. The van der Waals surface area contributed by atoms with Gasteiger partial charge in [-0.3, -0.25) is 0 Å². The maximum atomic E-state index is 5.27. The predicted molar refractivity (Wildman–Crippen MR) is 97.8 cm³/mol. The molecule has 0 aromatic heterocycles. The van der Waals surface area contributed by atoms with Gasteiger partial charge in [-0.05, 0) is 30.5 Å². The molecule has 0 saturated carbocycles. The molecule has 0 aliphatic carbocycles. The van der Waals surface area contributed by atoms with Crippen molar-refractivity contribution in [2.75, 3.05) is 7.11 Å². The molecule has 1 heteroatoms. The summed E-state index contributed by atoms with van der Waals surface area (Å²) in [4.78, 5) is 0. The molecule has 0 bridgehead atoms. The molecular weight excluding hydrogens is 268 g/mol. The van der Waals surface area contributed by atoms with Crippen molar-refractivity contribution in [2.24, 2.45) is 0 Å². The van der Waals surface area contributed by atoms with Gasteiger partial charge in [0.15, 0.2) is 0 Å². The molecule has 1 aromatic rings. The summed E-state index contributed by atoms with van der Waals surface area (Å²) < 4.78 is 5.27. The van der Waals surface area contributed by atoms with Crippen molar-refractivity contribution in [2.45, 2.75) is 90.4 Å². The molecule has 0 amide bonds. The van der Waals surface area contributed by atoms with Gasteiger partial charge < -0.3 is 4.74 Å². The summed E-state index contributed by atoms with van der Waals surface area (Å²) in [5.41, 5.74) is 1.41. The first kappa shape index (κ1) is 19.1. The van der Waals surface area contributed by atoms with E-state index in [9.17, 15) is 0 Å². The van der Waals surface area contributed by atoms with Gasteiger partial charge >= 0.3 is 0 Å². The lowest BCUT2D eigenvalue weighted by molar-refractivity contribution is 0.414. The van der Waals surface area contributed by atoms with E-state index in [4.69, 9.17) is 4.74 Å². The predicted octanol–water partition coefficient (Wildman–Crippen LogP) is 6.94. The van der Waals surface area contributed by atoms with Gasteiger partial charge in [0.1, 0.15) is 5.75 Å². The lowest BCUT2D eigenvalue weighted by atomic mass is 10.0. The standard InChI is InChI=1S/C21H36O/c1-3-4-5-6-7-8-9-10-11-12-13-14-16-20-17-15-18-21(19-20)22-2/h15,17-19H,3-14,16H2,1-2H3. The van der Waals surface area contributed by atoms with Crippen molar-refractivity contribution >= 4 is 0 Å². The monoisotopic (exact) mass is 304 g/mol. The van der Waals surface area contributed by atoms with Crippen LogP contribution < -0.4 is 4.74 Å². The largest absolute Gasteiger partial charge is 0.497 e. The van der Waals surface area contributed by atoms with Gasteiger partial charge in [-0.1, -0.05) is 89.7 Å². The molecular formula is C21H36O. The van der Waals surface area contributed by atoms with Crippen LogP contribution in [0.2, 0.25) is 0 Å². The van der Waals surface area contributed by atoms with Gasteiger partial charge in [0.05, 0.1) is 7.11 Å². The normalized spacial score (nSPS) is 10.8. The minimum Gasteiger partial charge on any atom is -0.497 e. The molecule has 1 rings (SSSR count). The first-order valence-corrected chi connectivity index (χ1v) is 9.49. The van der Waals surface area contributed by atoms with E-state index in [0.717, 1.165) is 5.75 Å². The highest BCUT2D eigenvalue weighted by atomic mass is 16.5. The summed E-state index contributed by atoms with van der Waals surface area (Å²) in [7, 11) is 1.74. The van der Waals surface area contributed by atoms with Crippen LogP contribution in [-0.4, -0.2) is 7.11 Å². The van der Waals surface area contributed by atoms with Gasteiger partial charge in [-0.25, -0.2) is 0 Å². The Labute approximate surface area is 138 Å². The zero-order valence-electron chi connectivity index (χ0n) is 14.9. The Bertz CT molecular complexity index is 359. The summed E-state index contributed by atoms with van der Waals surface area (Å²) >= 11 is 0. The molecule has 0 atom stereocenters. The average Bonchev–Trinajstić information content (AvgIpc) is 2.56. The van der Waals surface area contributed by atoms with Crippen molar-refractivity contribution in [3.8, 4) is 5.75 Å². The molecule has 0 unspecified atom stereocenters. The topological polar surface area (TPSA) is 9.23 Å². The number of methoxy groups -OCH3 is 1. The van der Waals surface area contributed by atoms with E-state index < -0.39 is 0 Å². The van der Waals surface area contributed by atoms with E-state index in [0.29, 0.717) is 0 Å². The van der Waals surface area contributed by atoms with Crippen LogP contribution in [0.5, 0.6) is 5.75 Å². The molecule has 0 aliphatic rings. The Morgan fingerprint density at radius 1 is 0.727 bits per heavy atom. The van der Waals surface area contributed by atoms with Crippen molar-refractivity contribution in [3.63, 3.8) is 0 Å². The minimum absolute atomic E-state index is 0.983. The van der Waals surface area contributed by atoms with Crippen molar-refractivity contribution in [3.05, 3.63) is 29.8 Å². The van der Waals surface area contributed by atoms with Crippen LogP contribution in [0, 0.1) is 0 Å². The van der Waals surface area contributed by atoms with E-state index in [1.54, 1.807) is 7.11 Å². The third-order valence-electron chi connectivity index (χ3n) is 4.45. The second-order valence-electron chi connectivity index (χ2n) is 6.49. The summed E-state index contributed by atoms with van der Waals surface area (Å²) in [6.07, 6.45) is 18.2. The van der Waals surface area contributed by atoms with Crippen LogP contribution in [0.1, 0.15) is 89.5 Å². The van der Waals surface area contributed by atoms with Crippen LogP contribution in [0.25, 0.3) is 0 Å². The van der Waals surface area contributed by atoms with Crippen molar-refractivity contribution in [1.29, 1.82) is 0 Å². The lowest BCUT2D eigenvalue weighted by Gasteiger charge is -2.05. The van der Waals surface area contributed by atoms with Crippen LogP contribution in [0.4, 0.5) is 0 Å². The molecule has 0 radical (unpaired) electrons. The Kier molecular flexibility index (Phi) is 11.8. The zero-order chi connectivity index (χ0) is 15.9. The van der Waals surface area contributed by atoms with E-state index >= 15 is 0 Å². The Morgan fingerprint density at radius 2 is 1.27 bits per heavy atom. The van der Waals surface area contributed by atoms with E-state index in [1.807, 2.05) is 6.07 Å². The molecule has 0 heterocycles. The summed E-state index contributed by atoms with van der Waals surface area (Å²) in [6.45, 7) is 2.29. The third-order valence-corrected chi connectivity index (χ3v) is 4.45. The molecule has 126 valence electrons. The highest BCUT2D eigenvalue weighted by molar-refractivity contribution is 5.28. The molecule has 1 nitrogen and oxygen atoms in total. The van der Waals surface area contributed by atoms with Crippen LogP contribution in [0.15, 0.2) is 24.3 Å². The summed E-state index contributed by atoms with van der Waals surface area (Å²) in [5, 5.41) is 0. The molecule has 0 N–H and O–H groups in total. The molecule has 1 aromatic carbocycles. The summed E-state index contributed by atoms with van der Waals surface area (Å²) in [6, 6.07) is 8.49. The Hall–Kier alpha value is -0.980. The van der Waals surface area contributed by atoms with Gasteiger partial charge in [-0.2, -0.15) is 0 Å². The highest BCUT2D eigenvalue weighted by Gasteiger charge is 1.97. The smallest absolute Gasteiger partial charge is 0.119 e. The third kappa shape index (κ3) is 9.87. The highest BCUT2D eigenvalue weighted by Crippen LogP contribution is 2.16. The number of aryl methyl sites for hydroxylation is 1. The minimum atomic E-state index is 0.983. The molecule has 0 spiro atoms. The van der Waals surface area contributed by atoms with Crippen LogP contribution >= 0.6 is 0 Å².